The third-order valence-electron chi connectivity index (χ3n) is 2.31. The Balaban J connectivity index is 2.17. The summed E-state index contributed by atoms with van der Waals surface area (Å²) in [7, 11) is 1.58. The lowest BCUT2D eigenvalue weighted by Crippen LogP contribution is -2.05. The molecule has 0 radical (unpaired) electrons. The Morgan fingerprint density at radius 3 is 3.00 bits per heavy atom. The molecule has 84 valence electrons. The monoisotopic (exact) mass is 235 g/mol. The van der Waals surface area contributed by atoms with Crippen molar-refractivity contribution in [3.63, 3.8) is 0 Å². The van der Waals surface area contributed by atoms with E-state index in [9.17, 15) is 5.11 Å². The van der Waals surface area contributed by atoms with Gasteiger partial charge in [0, 0.05) is 17.5 Å². The number of hydrogen-bond acceptors (Lipinski definition) is 4. The third-order valence-corrected chi connectivity index (χ3v) is 3.21. The van der Waals surface area contributed by atoms with Gasteiger partial charge < -0.3 is 9.84 Å². The molecule has 0 fully saturated rings. The number of ether oxygens (including phenoxy) is 1. The molecule has 1 atom stereocenters. The third kappa shape index (κ3) is 2.40. The van der Waals surface area contributed by atoms with Crippen molar-refractivity contribution in [3.8, 4) is 5.75 Å². The lowest BCUT2D eigenvalue weighted by atomic mass is 10.1. The average Bonchev–Trinajstić information content (AvgIpc) is 2.81. The van der Waals surface area contributed by atoms with Crippen molar-refractivity contribution in [3.05, 3.63) is 46.4 Å². The molecule has 0 aromatic carbocycles. The van der Waals surface area contributed by atoms with Gasteiger partial charge in [0.1, 0.15) is 17.5 Å². The highest BCUT2D eigenvalue weighted by molar-refractivity contribution is 7.09. The van der Waals surface area contributed by atoms with Crippen molar-refractivity contribution in [2.75, 3.05) is 7.11 Å². The van der Waals surface area contributed by atoms with Gasteiger partial charge in [-0.05, 0) is 23.6 Å². The molecule has 0 amide bonds. The van der Waals surface area contributed by atoms with Gasteiger partial charge in [-0.25, -0.2) is 0 Å². The summed E-state index contributed by atoms with van der Waals surface area (Å²) in [5.41, 5.74) is 0.596. The van der Waals surface area contributed by atoms with E-state index in [1.165, 1.54) is 0 Å². The number of hydrogen-bond donors (Lipinski definition) is 1. The van der Waals surface area contributed by atoms with Crippen molar-refractivity contribution in [1.82, 2.24) is 4.98 Å². The highest BCUT2D eigenvalue weighted by Crippen LogP contribution is 2.26. The Hall–Kier alpha value is -1.39. The Morgan fingerprint density at radius 2 is 2.31 bits per heavy atom. The van der Waals surface area contributed by atoms with Crippen LogP contribution in [0.4, 0.5) is 0 Å². The fourth-order valence-corrected chi connectivity index (χ4v) is 2.28. The van der Waals surface area contributed by atoms with Crippen LogP contribution in [0.15, 0.2) is 35.8 Å². The number of thiophene rings is 1. The number of methoxy groups -OCH3 is 1. The summed E-state index contributed by atoms with van der Waals surface area (Å²) >= 11 is 1.63. The molecular weight excluding hydrogens is 222 g/mol. The first kappa shape index (κ1) is 11.1. The molecule has 0 spiro atoms. The van der Waals surface area contributed by atoms with Crippen LogP contribution >= 0.6 is 11.3 Å². The molecule has 0 aliphatic heterocycles. The fourth-order valence-electron chi connectivity index (χ4n) is 1.54. The zero-order chi connectivity index (χ0) is 11.4. The molecule has 4 heteroatoms. The zero-order valence-electron chi connectivity index (χ0n) is 8.96. The second-order valence-corrected chi connectivity index (χ2v) is 4.42. The van der Waals surface area contributed by atoms with Crippen LogP contribution in [0.1, 0.15) is 16.7 Å². The van der Waals surface area contributed by atoms with Gasteiger partial charge in [-0.3, -0.25) is 4.98 Å². The van der Waals surface area contributed by atoms with Crippen molar-refractivity contribution in [1.29, 1.82) is 0 Å². The van der Waals surface area contributed by atoms with Crippen molar-refractivity contribution in [2.24, 2.45) is 0 Å². The lowest BCUT2D eigenvalue weighted by molar-refractivity contribution is 0.169. The minimum absolute atomic E-state index is 0.574. The number of nitrogens with zero attached hydrogens (tertiary/aromatic N) is 1. The first-order valence-electron chi connectivity index (χ1n) is 5.00. The van der Waals surface area contributed by atoms with Crippen molar-refractivity contribution < 1.29 is 9.84 Å². The molecule has 16 heavy (non-hydrogen) atoms. The molecule has 0 saturated carbocycles. The highest BCUT2D eigenvalue weighted by Gasteiger charge is 2.15. The van der Waals surface area contributed by atoms with E-state index in [1.54, 1.807) is 36.8 Å². The van der Waals surface area contributed by atoms with Crippen LogP contribution in [0.25, 0.3) is 0 Å². The molecule has 2 aromatic rings. The molecule has 0 saturated heterocycles. The van der Waals surface area contributed by atoms with Gasteiger partial charge in [0.05, 0.1) is 7.11 Å². The van der Waals surface area contributed by atoms with E-state index in [0.29, 0.717) is 17.9 Å². The van der Waals surface area contributed by atoms with Gasteiger partial charge in [0.25, 0.3) is 0 Å². The summed E-state index contributed by atoms with van der Waals surface area (Å²) in [5.74, 6) is 0.631. The topological polar surface area (TPSA) is 42.4 Å². The van der Waals surface area contributed by atoms with Gasteiger partial charge in [-0.1, -0.05) is 6.07 Å². The molecule has 0 aliphatic carbocycles. The maximum absolute atomic E-state index is 10.1. The SMILES string of the molecule is COc1cccnc1C(O)Cc1cccs1. The summed E-state index contributed by atoms with van der Waals surface area (Å²) in [6.07, 6.45) is 1.62. The molecule has 0 bridgehead atoms. The molecule has 1 unspecified atom stereocenters. The first-order valence-corrected chi connectivity index (χ1v) is 5.88. The highest BCUT2D eigenvalue weighted by atomic mass is 32.1. The van der Waals surface area contributed by atoms with Crippen LogP contribution in [0.3, 0.4) is 0 Å². The van der Waals surface area contributed by atoms with Gasteiger partial charge in [-0.2, -0.15) is 0 Å². The number of rotatable bonds is 4. The summed E-state index contributed by atoms with van der Waals surface area (Å²) in [6.45, 7) is 0. The van der Waals surface area contributed by atoms with E-state index >= 15 is 0 Å². The Morgan fingerprint density at radius 1 is 1.44 bits per heavy atom. The fraction of sp³-hybridized carbons (Fsp3) is 0.250. The minimum atomic E-state index is -0.616. The Kier molecular flexibility index (Phi) is 3.54. The quantitative estimate of drug-likeness (QED) is 0.885. The maximum Gasteiger partial charge on any atom is 0.143 e. The summed E-state index contributed by atoms with van der Waals surface area (Å²) in [4.78, 5) is 5.30. The molecular formula is C12H13NO2S. The van der Waals surface area contributed by atoms with E-state index in [2.05, 4.69) is 4.98 Å². The molecule has 0 aliphatic rings. The number of aliphatic hydroxyl groups excluding tert-OH is 1. The predicted octanol–water partition coefficient (Wildman–Crippen LogP) is 2.43. The van der Waals surface area contributed by atoms with Crippen LogP contribution in [0.5, 0.6) is 5.75 Å². The van der Waals surface area contributed by atoms with Crippen molar-refractivity contribution in [2.45, 2.75) is 12.5 Å². The van der Waals surface area contributed by atoms with E-state index in [4.69, 9.17) is 4.74 Å². The standard InChI is InChI=1S/C12H13NO2S/c1-15-11-5-2-6-13-12(11)10(14)8-9-4-3-7-16-9/h2-7,10,14H,8H2,1H3. The van der Waals surface area contributed by atoms with E-state index in [1.807, 2.05) is 17.5 Å². The van der Waals surface area contributed by atoms with Crippen LogP contribution in [-0.4, -0.2) is 17.2 Å². The van der Waals surface area contributed by atoms with Gasteiger partial charge in [0.15, 0.2) is 0 Å². The van der Waals surface area contributed by atoms with E-state index in [-0.39, 0.29) is 0 Å². The maximum atomic E-state index is 10.1. The summed E-state index contributed by atoms with van der Waals surface area (Å²) < 4.78 is 5.17. The Labute approximate surface area is 98.4 Å². The molecule has 2 aromatic heterocycles. The van der Waals surface area contributed by atoms with Crippen LogP contribution in [0.2, 0.25) is 0 Å². The molecule has 3 nitrogen and oxygen atoms in total. The lowest BCUT2D eigenvalue weighted by Gasteiger charge is -2.12. The number of pyridine rings is 1. The van der Waals surface area contributed by atoms with Crippen molar-refractivity contribution >= 4 is 11.3 Å². The second-order valence-electron chi connectivity index (χ2n) is 3.39. The summed E-state index contributed by atoms with van der Waals surface area (Å²) in [5, 5.41) is 12.1. The summed E-state index contributed by atoms with van der Waals surface area (Å²) in [6, 6.07) is 7.58. The minimum Gasteiger partial charge on any atom is -0.495 e. The average molecular weight is 235 g/mol. The van der Waals surface area contributed by atoms with E-state index < -0.39 is 6.10 Å². The largest absolute Gasteiger partial charge is 0.495 e. The number of aliphatic hydroxyl groups is 1. The zero-order valence-corrected chi connectivity index (χ0v) is 9.78. The normalized spacial score (nSPS) is 12.4. The first-order chi connectivity index (χ1) is 7.81. The van der Waals surface area contributed by atoms with Crippen LogP contribution in [0, 0.1) is 0 Å². The molecule has 2 rings (SSSR count). The second kappa shape index (κ2) is 5.09. The Bertz CT molecular complexity index is 442. The molecule has 1 N–H and O–H groups in total. The van der Waals surface area contributed by atoms with Crippen LogP contribution < -0.4 is 4.74 Å². The van der Waals surface area contributed by atoms with Crippen LogP contribution in [-0.2, 0) is 6.42 Å². The molecule has 2 heterocycles. The van der Waals surface area contributed by atoms with Gasteiger partial charge in [-0.15, -0.1) is 11.3 Å². The van der Waals surface area contributed by atoms with Gasteiger partial charge >= 0.3 is 0 Å². The van der Waals surface area contributed by atoms with E-state index in [0.717, 1.165) is 4.88 Å². The number of aromatic nitrogens is 1. The van der Waals surface area contributed by atoms with Gasteiger partial charge in [0.2, 0.25) is 0 Å². The predicted molar refractivity (Wildman–Crippen MR) is 63.8 cm³/mol. The smallest absolute Gasteiger partial charge is 0.143 e.